The number of anilines is 1. The zero-order valence-corrected chi connectivity index (χ0v) is 18.2. The maximum Gasteiger partial charge on any atom is 0.331 e. The molecule has 0 spiro atoms. The largest absolute Gasteiger partial charge is 0.331 e. The predicted molar refractivity (Wildman–Crippen MR) is 118 cm³/mol. The molecule has 2 heterocycles. The number of hydrogen-bond donors (Lipinski definition) is 0. The standard InChI is InChI=1S/C22H23N3O5S/c1-3-23-21(27)17-8-4-5-9-19(17)25(22(23)28)14-20(26)24-12-6-7-15-13-16(31(2,29)30)10-11-18(15)24/h4-5,8-11,13H,3,6-7,12,14H2,1-2H3. The van der Waals surface area contributed by atoms with Crippen LogP contribution in [0.15, 0.2) is 56.9 Å². The van der Waals surface area contributed by atoms with Gasteiger partial charge in [-0.15, -0.1) is 0 Å². The van der Waals surface area contributed by atoms with Gasteiger partial charge >= 0.3 is 5.69 Å². The van der Waals surface area contributed by atoms with Gasteiger partial charge < -0.3 is 4.90 Å². The summed E-state index contributed by atoms with van der Waals surface area (Å²) in [6, 6.07) is 11.5. The second kappa shape index (κ2) is 7.81. The van der Waals surface area contributed by atoms with E-state index in [9.17, 15) is 22.8 Å². The number of para-hydroxylation sites is 1. The van der Waals surface area contributed by atoms with Crippen LogP contribution >= 0.6 is 0 Å². The zero-order valence-electron chi connectivity index (χ0n) is 17.4. The molecule has 2 aromatic carbocycles. The van der Waals surface area contributed by atoms with E-state index in [0.717, 1.165) is 16.4 Å². The monoisotopic (exact) mass is 441 g/mol. The maximum absolute atomic E-state index is 13.3. The van der Waals surface area contributed by atoms with Crippen LogP contribution in [0.2, 0.25) is 0 Å². The van der Waals surface area contributed by atoms with Gasteiger partial charge in [0.25, 0.3) is 5.56 Å². The van der Waals surface area contributed by atoms with Crippen molar-refractivity contribution in [1.82, 2.24) is 9.13 Å². The molecule has 4 rings (SSSR count). The third kappa shape index (κ3) is 3.69. The summed E-state index contributed by atoms with van der Waals surface area (Å²) in [5.74, 6) is -0.290. The number of fused-ring (bicyclic) bond motifs is 2. The number of sulfone groups is 1. The summed E-state index contributed by atoms with van der Waals surface area (Å²) in [5, 5.41) is 0.383. The molecule has 0 radical (unpaired) electrons. The Morgan fingerprint density at radius 3 is 2.52 bits per heavy atom. The minimum atomic E-state index is -3.35. The van der Waals surface area contributed by atoms with Crippen LogP contribution < -0.4 is 16.1 Å². The van der Waals surface area contributed by atoms with E-state index >= 15 is 0 Å². The summed E-state index contributed by atoms with van der Waals surface area (Å²) >= 11 is 0. The van der Waals surface area contributed by atoms with Gasteiger partial charge in [-0.2, -0.15) is 0 Å². The van der Waals surface area contributed by atoms with Crippen molar-refractivity contribution < 1.29 is 13.2 Å². The number of carbonyl (C=O) groups excluding carboxylic acids is 1. The minimum absolute atomic E-state index is 0.206. The SMILES string of the molecule is CCn1c(=O)c2ccccc2n(CC(=O)N2CCCc3cc(S(C)(=O)=O)ccc32)c1=O. The van der Waals surface area contributed by atoms with E-state index in [2.05, 4.69) is 0 Å². The van der Waals surface area contributed by atoms with Gasteiger partial charge in [-0.05, 0) is 55.7 Å². The summed E-state index contributed by atoms with van der Waals surface area (Å²) in [7, 11) is -3.35. The van der Waals surface area contributed by atoms with Crippen LogP contribution in [0, 0.1) is 0 Å². The van der Waals surface area contributed by atoms with Gasteiger partial charge in [0, 0.05) is 25.0 Å². The summed E-state index contributed by atoms with van der Waals surface area (Å²) in [6.07, 6.45) is 2.52. The number of nitrogens with zero attached hydrogens (tertiary/aromatic N) is 3. The molecule has 0 bridgehead atoms. The summed E-state index contributed by atoms with van der Waals surface area (Å²) in [4.78, 5) is 40.6. The van der Waals surface area contributed by atoms with Crippen molar-refractivity contribution in [3.63, 3.8) is 0 Å². The molecule has 1 amide bonds. The number of carbonyl (C=O) groups is 1. The normalized spacial score (nSPS) is 13.9. The van der Waals surface area contributed by atoms with Crippen molar-refractivity contribution in [3.05, 3.63) is 68.9 Å². The third-order valence-electron chi connectivity index (χ3n) is 5.64. The lowest BCUT2D eigenvalue weighted by atomic mass is 10.0. The van der Waals surface area contributed by atoms with E-state index in [1.165, 1.54) is 10.6 Å². The van der Waals surface area contributed by atoms with Crippen molar-refractivity contribution in [3.8, 4) is 0 Å². The van der Waals surface area contributed by atoms with Gasteiger partial charge in [0.2, 0.25) is 5.91 Å². The topological polar surface area (TPSA) is 98.4 Å². The van der Waals surface area contributed by atoms with Gasteiger partial charge in [-0.1, -0.05) is 12.1 Å². The molecule has 0 N–H and O–H groups in total. The first kappa shape index (κ1) is 21.0. The van der Waals surface area contributed by atoms with E-state index in [1.807, 2.05) is 0 Å². The fourth-order valence-corrected chi connectivity index (χ4v) is 4.76. The first-order valence-corrected chi connectivity index (χ1v) is 12.0. The number of benzene rings is 2. The second-order valence-corrected chi connectivity index (χ2v) is 9.66. The second-order valence-electron chi connectivity index (χ2n) is 7.65. The van der Waals surface area contributed by atoms with Gasteiger partial charge in [0.1, 0.15) is 6.54 Å². The average molecular weight is 442 g/mol. The van der Waals surface area contributed by atoms with Crippen LogP contribution in [0.25, 0.3) is 10.9 Å². The van der Waals surface area contributed by atoms with E-state index in [4.69, 9.17) is 0 Å². The van der Waals surface area contributed by atoms with Crippen LogP contribution in [0.1, 0.15) is 18.9 Å². The van der Waals surface area contributed by atoms with E-state index in [1.54, 1.807) is 48.2 Å². The van der Waals surface area contributed by atoms with Gasteiger partial charge in [-0.3, -0.25) is 18.7 Å². The Bertz CT molecular complexity index is 1420. The molecular formula is C22H23N3O5S. The highest BCUT2D eigenvalue weighted by Gasteiger charge is 2.25. The number of hydrogen-bond acceptors (Lipinski definition) is 5. The molecule has 8 nitrogen and oxygen atoms in total. The van der Waals surface area contributed by atoms with Crippen LogP contribution in [0.5, 0.6) is 0 Å². The number of amides is 1. The van der Waals surface area contributed by atoms with E-state index in [0.29, 0.717) is 36.0 Å². The summed E-state index contributed by atoms with van der Waals surface area (Å²) < 4.78 is 26.2. The molecule has 31 heavy (non-hydrogen) atoms. The molecule has 0 saturated heterocycles. The Hall–Kier alpha value is -3.20. The third-order valence-corrected chi connectivity index (χ3v) is 6.75. The lowest BCUT2D eigenvalue weighted by Gasteiger charge is -2.30. The Morgan fingerprint density at radius 1 is 1.06 bits per heavy atom. The van der Waals surface area contributed by atoms with Crippen molar-refractivity contribution in [2.75, 3.05) is 17.7 Å². The molecule has 162 valence electrons. The lowest BCUT2D eigenvalue weighted by molar-refractivity contribution is -0.119. The minimum Gasteiger partial charge on any atom is -0.311 e. The Kier molecular flexibility index (Phi) is 5.30. The maximum atomic E-state index is 13.3. The fourth-order valence-electron chi connectivity index (χ4n) is 4.09. The molecule has 0 aliphatic carbocycles. The molecule has 9 heteroatoms. The Balaban J connectivity index is 1.77. The van der Waals surface area contributed by atoms with Crippen molar-refractivity contribution >= 4 is 32.3 Å². The smallest absolute Gasteiger partial charge is 0.311 e. The van der Waals surface area contributed by atoms with E-state index in [-0.39, 0.29) is 29.5 Å². The molecule has 0 atom stereocenters. The lowest BCUT2D eigenvalue weighted by Crippen LogP contribution is -2.44. The van der Waals surface area contributed by atoms with Crippen molar-refractivity contribution in [2.45, 2.75) is 37.8 Å². The van der Waals surface area contributed by atoms with Crippen LogP contribution in [-0.4, -0.2) is 36.3 Å². The van der Waals surface area contributed by atoms with Crippen LogP contribution in [0.4, 0.5) is 5.69 Å². The predicted octanol–water partition coefficient (Wildman–Crippen LogP) is 1.57. The number of aromatic nitrogens is 2. The zero-order chi connectivity index (χ0) is 22.3. The highest BCUT2D eigenvalue weighted by Crippen LogP contribution is 2.29. The quantitative estimate of drug-likeness (QED) is 0.612. The van der Waals surface area contributed by atoms with Gasteiger partial charge in [0.05, 0.1) is 15.8 Å². The van der Waals surface area contributed by atoms with Crippen molar-refractivity contribution in [2.24, 2.45) is 0 Å². The van der Waals surface area contributed by atoms with Gasteiger partial charge in [0.15, 0.2) is 9.84 Å². The molecule has 1 aliphatic heterocycles. The summed E-state index contributed by atoms with van der Waals surface area (Å²) in [6.45, 7) is 2.18. The molecule has 3 aromatic rings. The molecule has 0 unspecified atom stereocenters. The molecule has 1 aromatic heterocycles. The van der Waals surface area contributed by atoms with Crippen LogP contribution in [-0.2, 0) is 34.1 Å². The fraction of sp³-hybridized carbons (Fsp3) is 0.318. The first-order valence-electron chi connectivity index (χ1n) is 10.1. The molecule has 0 saturated carbocycles. The van der Waals surface area contributed by atoms with Crippen LogP contribution in [0.3, 0.4) is 0 Å². The highest BCUT2D eigenvalue weighted by atomic mass is 32.2. The van der Waals surface area contributed by atoms with Gasteiger partial charge in [-0.25, -0.2) is 13.2 Å². The molecule has 0 fully saturated rings. The average Bonchev–Trinajstić information content (AvgIpc) is 2.75. The first-order chi connectivity index (χ1) is 14.7. The Morgan fingerprint density at radius 2 is 1.81 bits per heavy atom. The van der Waals surface area contributed by atoms with Crippen molar-refractivity contribution in [1.29, 1.82) is 0 Å². The van der Waals surface area contributed by atoms with E-state index < -0.39 is 15.5 Å². The number of aryl methyl sites for hydroxylation is 1. The molecule has 1 aliphatic rings. The highest BCUT2D eigenvalue weighted by molar-refractivity contribution is 7.90. The number of rotatable bonds is 4. The summed E-state index contributed by atoms with van der Waals surface area (Å²) in [5.41, 5.74) is 0.968. The molecular weight excluding hydrogens is 418 g/mol. The Labute approximate surface area is 179 Å².